The molecule has 4 rings (SSSR count). The summed E-state index contributed by atoms with van der Waals surface area (Å²) in [5.41, 5.74) is 0.422. The maximum absolute atomic E-state index is 12.7. The Balaban J connectivity index is 1.37. The summed E-state index contributed by atoms with van der Waals surface area (Å²) in [4.78, 5) is 46.8. The molecule has 0 saturated carbocycles. The smallest absolute Gasteiger partial charge is 0.316 e. The van der Waals surface area contributed by atoms with Gasteiger partial charge in [0.25, 0.3) is 5.56 Å². The molecule has 3 aromatic rings. The molecular weight excluding hydrogens is 388 g/mol. The van der Waals surface area contributed by atoms with E-state index in [4.69, 9.17) is 4.52 Å². The topological polar surface area (TPSA) is 123 Å². The molecule has 0 atom stereocenters. The summed E-state index contributed by atoms with van der Waals surface area (Å²) in [5.74, 6) is 0.247. The van der Waals surface area contributed by atoms with Crippen LogP contribution in [0, 0.1) is 6.92 Å². The second-order valence-electron chi connectivity index (χ2n) is 7.18. The highest BCUT2D eigenvalue weighted by atomic mass is 16.5. The van der Waals surface area contributed by atoms with Gasteiger partial charge in [-0.3, -0.25) is 19.0 Å². The summed E-state index contributed by atoms with van der Waals surface area (Å²) < 4.78 is 6.49. The Labute approximate surface area is 171 Å². The second kappa shape index (κ2) is 8.44. The molecular formula is C20H22N6O4. The first-order valence-electron chi connectivity index (χ1n) is 9.87. The number of nitrogens with one attached hydrogen (secondary N) is 1. The summed E-state index contributed by atoms with van der Waals surface area (Å²) in [6.45, 7) is 3.57. The Morgan fingerprint density at radius 3 is 2.87 bits per heavy atom. The maximum atomic E-state index is 12.7. The molecule has 2 aromatic heterocycles. The van der Waals surface area contributed by atoms with Gasteiger partial charge in [0, 0.05) is 26.1 Å². The van der Waals surface area contributed by atoms with E-state index in [1.54, 1.807) is 30.0 Å². The van der Waals surface area contributed by atoms with Crippen molar-refractivity contribution in [3.05, 3.63) is 52.2 Å². The van der Waals surface area contributed by atoms with Crippen molar-refractivity contribution in [1.82, 2.24) is 29.9 Å². The third-order valence-corrected chi connectivity index (χ3v) is 5.08. The fourth-order valence-corrected chi connectivity index (χ4v) is 3.50. The van der Waals surface area contributed by atoms with E-state index in [2.05, 4.69) is 20.4 Å². The van der Waals surface area contributed by atoms with Crippen molar-refractivity contribution in [3.63, 3.8) is 0 Å². The second-order valence-corrected chi connectivity index (χ2v) is 7.18. The Bertz CT molecular complexity index is 1150. The minimum atomic E-state index is -0.484. The van der Waals surface area contributed by atoms with Crippen molar-refractivity contribution in [1.29, 1.82) is 0 Å². The number of rotatable bonds is 7. The molecule has 1 aliphatic rings. The van der Waals surface area contributed by atoms with Crippen molar-refractivity contribution in [2.45, 2.75) is 32.7 Å². The fourth-order valence-electron chi connectivity index (χ4n) is 3.50. The molecule has 1 aromatic carbocycles. The molecule has 2 amide bonds. The number of fused-ring (bicyclic) bond motifs is 1. The predicted octanol–water partition coefficient (Wildman–Crippen LogP) is 0.879. The molecule has 1 aliphatic heterocycles. The third kappa shape index (κ3) is 4.07. The van der Waals surface area contributed by atoms with E-state index in [1.165, 1.54) is 4.57 Å². The number of benzene rings is 1. The first-order valence-corrected chi connectivity index (χ1v) is 9.87. The van der Waals surface area contributed by atoms with Crippen molar-refractivity contribution in [3.8, 4) is 0 Å². The molecule has 30 heavy (non-hydrogen) atoms. The van der Waals surface area contributed by atoms with Gasteiger partial charge in [-0.05, 0) is 31.9 Å². The molecule has 1 fully saturated rings. The molecule has 0 bridgehead atoms. The number of amides is 2. The molecule has 1 N–H and O–H groups in total. The number of hydrogen-bond acceptors (Lipinski definition) is 7. The number of para-hydroxylation sites is 1. The van der Waals surface area contributed by atoms with Crippen LogP contribution in [0.1, 0.15) is 41.6 Å². The van der Waals surface area contributed by atoms with Crippen molar-refractivity contribution >= 4 is 22.7 Å². The number of likely N-dealkylation sites (tertiary alicyclic amines) is 1. The summed E-state index contributed by atoms with van der Waals surface area (Å²) in [6, 6.07) is 7.10. The van der Waals surface area contributed by atoms with Crippen molar-refractivity contribution < 1.29 is 14.1 Å². The minimum Gasteiger partial charge on any atom is -0.348 e. The lowest BCUT2D eigenvalue weighted by atomic mass is 10.2. The normalized spacial score (nSPS) is 13.9. The van der Waals surface area contributed by atoms with Gasteiger partial charge in [0.2, 0.25) is 5.91 Å². The number of nitrogens with zero attached hydrogens (tertiary/aromatic N) is 5. The van der Waals surface area contributed by atoms with Gasteiger partial charge in [-0.25, -0.2) is 4.98 Å². The average Bonchev–Trinajstić information content (AvgIpc) is 3.37. The fraction of sp³-hybridized carbons (Fsp3) is 0.400. The van der Waals surface area contributed by atoms with Gasteiger partial charge >= 0.3 is 11.8 Å². The van der Waals surface area contributed by atoms with E-state index in [0.717, 1.165) is 13.0 Å². The Morgan fingerprint density at radius 2 is 2.07 bits per heavy atom. The van der Waals surface area contributed by atoms with E-state index in [0.29, 0.717) is 42.7 Å². The van der Waals surface area contributed by atoms with E-state index in [-0.39, 0.29) is 29.7 Å². The van der Waals surface area contributed by atoms with Crippen LogP contribution in [0.25, 0.3) is 10.9 Å². The van der Waals surface area contributed by atoms with Crippen LogP contribution in [0.4, 0.5) is 0 Å². The van der Waals surface area contributed by atoms with Crippen LogP contribution in [-0.2, 0) is 11.3 Å². The van der Waals surface area contributed by atoms with Crippen LogP contribution in [0.5, 0.6) is 0 Å². The molecule has 10 nitrogen and oxygen atoms in total. The van der Waals surface area contributed by atoms with Gasteiger partial charge in [0.15, 0.2) is 5.82 Å². The summed E-state index contributed by atoms with van der Waals surface area (Å²) in [6.07, 6.45) is 2.15. The van der Waals surface area contributed by atoms with Crippen LogP contribution in [-0.4, -0.2) is 56.0 Å². The quantitative estimate of drug-likeness (QED) is 0.574. The number of aromatic nitrogens is 4. The van der Waals surface area contributed by atoms with E-state index in [1.807, 2.05) is 6.07 Å². The van der Waals surface area contributed by atoms with Gasteiger partial charge in [0.05, 0.1) is 17.4 Å². The zero-order valence-electron chi connectivity index (χ0n) is 16.6. The molecule has 0 aliphatic carbocycles. The van der Waals surface area contributed by atoms with Gasteiger partial charge in [0.1, 0.15) is 5.82 Å². The van der Waals surface area contributed by atoms with Gasteiger partial charge in [-0.1, -0.05) is 17.3 Å². The van der Waals surface area contributed by atoms with Crippen LogP contribution in [0.15, 0.2) is 33.6 Å². The van der Waals surface area contributed by atoms with Gasteiger partial charge in [-0.2, -0.15) is 4.98 Å². The standard InChI is InChI=1S/C20H22N6O4/c1-13-22-15-7-3-2-6-14(15)20(29)26(13)12-16-23-19(30-24-16)18(28)21-9-5-11-25-10-4-8-17(25)27/h2-3,6-7H,4-5,8-12H2,1H3,(H,21,28). The van der Waals surface area contributed by atoms with Crippen LogP contribution in [0.3, 0.4) is 0 Å². The van der Waals surface area contributed by atoms with Gasteiger partial charge < -0.3 is 14.7 Å². The summed E-state index contributed by atoms with van der Waals surface area (Å²) >= 11 is 0. The number of hydrogen-bond donors (Lipinski definition) is 1. The van der Waals surface area contributed by atoms with Crippen LogP contribution < -0.4 is 10.9 Å². The lowest BCUT2D eigenvalue weighted by molar-refractivity contribution is -0.127. The number of carbonyl (C=O) groups excluding carboxylic acids is 2. The Morgan fingerprint density at radius 1 is 1.23 bits per heavy atom. The van der Waals surface area contributed by atoms with Crippen molar-refractivity contribution in [2.24, 2.45) is 0 Å². The molecule has 10 heteroatoms. The maximum Gasteiger partial charge on any atom is 0.316 e. The number of aryl methyl sites for hydroxylation is 1. The van der Waals surface area contributed by atoms with Gasteiger partial charge in [-0.15, -0.1) is 0 Å². The Kier molecular flexibility index (Phi) is 5.55. The van der Waals surface area contributed by atoms with E-state index >= 15 is 0 Å². The third-order valence-electron chi connectivity index (χ3n) is 5.08. The molecule has 1 saturated heterocycles. The largest absolute Gasteiger partial charge is 0.348 e. The minimum absolute atomic E-state index is 0.0519. The first kappa shape index (κ1) is 19.7. The highest BCUT2D eigenvalue weighted by Gasteiger charge is 2.20. The zero-order chi connectivity index (χ0) is 21.1. The lowest BCUT2D eigenvalue weighted by Crippen LogP contribution is -2.30. The van der Waals surface area contributed by atoms with Crippen LogP contribution >= 0.6 is 0 Å². The monoisotopic (exact) mass is 410 g/mol. The summed E-state index contributed by atoms with van der Waals surface area (Å²) in [5, 5.41) is 7.02. The SMILES string of the molecule is Cc1nc2ccccc2c(=O)n1Cc1noc(C(=O)NCCCN2CCCC2=O)n1. The van der Waals surface area contributed by atoms with Crippen molar-refractivity contribution in [2.75, 3.05) is 19.6 Å². The lowest BCUT2D eigenvalue weighted by Gasteiger charge is -2.14. The number of carbonyl (C=O) groups is 2. The first-order chi connectivity index (χ1) is 14.5. The average molecular weight is 410 g/mol. The van der Waals surface area contributed by atoms with Crippen LogP contribution in [0.2, 0.25) is 0 Å². The molecule has 0 unspecified atom stereocenters. The molecule has 3 heterocycles. The van der Waals surface area contributed by atoms with E-state index in [9.17, 15) is 14.4 Å². The highest BCUT2D eigenvalue weighted by Crippen LogP contribution is 2.10. The Hall–Kier alpha value is -3.56. The summed E-state index contributed by atoms with van der Waals surface area (Å²) in [7, 11) is 0. The molecule has 0 spiro atoms. The molecule has 0 radical (unpaired) electrons. The molecule has 156 valence electrons. The highest BCUT2D eigenvalue weighted by molar-refractivity contribution is 5.89. The van der Waals surface area contributed by atoms with E-state index < -0.39 is 5.91 Å². The zero-order valence-corrected chi connectivity index (χ0v) is 16.6. The predicted molar refractivity (Wildman–Crippen MR) is 107 cm³/mol.